The van der Waals surface area contributed by atoms with Gasteiger partial charge in [0.05, 0.1) is 5.75 Å². The van der Waals surface area contributed by atoms with Gasteiger partial charge in [-0.25, -0.2) is 8.42 Å². The Morgan fingerprint density at radius 1 is 1.33 bits per heavy atom. The Kier molecular flexibility index (Phi) is 5.06. The van der Waals surface area contributed by atoms with Crippen molar-refractivity contribution in [3.63, 3.8) is 0 Å². The highest BCUT2D eigenvalue weighted by Crippen LogP contribution is 2.25. The number of rotatable bonds is 5. The first-order valence-corrected chi connectivity index (χ1v) is 7.59. The summed E-state index contributed by atoms with van der Waals surface area (Å²) in [5.41, 5.74) is 1.80. The highest BCUT2D eigenvalue weighted by atomic mass is 35.5. The molecule has 0 heterocycles. The number of ether oxygens (including phenoxy) is 1. The molecule has 0 saturated heterocycles. The molecule has 0 aliphatic carbocycles. The maximum absolute atomic E-state index is 11.4. The van der Waals surface area contributed by atoms with E-state index in [0.717, 1.165) is 11.1 Å². The molecule has 0 amide bonds. The van der Waals surface area contributed by atoms with Crippen molar-refractivity contribution in [3.05, 3.63) is 28.3 Å². The Morgan fingerprint density at radius 2 is 1.89 bits per heavy atom. The summed E-state index contributed by atoms with van der Waals surface area (Å²) in [6.45, 7) is 3.83. The van der Waals surface area contributed by atoms with Gasteiger partial charge in [-0.2, -0.15) is 0 Å². The van der Waals surface area contributed by atoms with Gasteiger partial charge in [0.15, 0.2) is 9.84 Å². The van der Waals surface area contributed by atoms with Crippen LogP contribution in [-0.2, 0) is 9.84 Å². The van der Waals surface area contributed by atoms with E-state index >= 15 is 0 Å². The monoisotopic (exact) mass is 286 g/mol. The fourth-order valence-corrected chi connectivity index (χ4v) is 2.32. The lowest BCUT2D eigenvalue weighted by Gasteiger charge is -2.09. The molecule has 0 N–H and O–H groups in total. The maximum atomic E-state index is 11.4. The molecule has 0 aromatic heterocycles. The fraction of sp³-hybridized carbons (Fsp3) is 0.385. The average Bonchev–Trinajstić information content (AvgIpc) is 2.25. The molecule has 3 nitrogen and oxygen atoms in total. The first-order valence-electron chi connectivity index (χ1n) is 5.39. The molecule has 0 aliphatic rings. The Morgan fingerprint density at radius 3 is 2.39 bits per heavy atom. The molecular weight excluding hydrogens is 272 g/mol. The fourth-order valence-electron chi connectivity index (χ4n) is 1.48. The number of hydrogen-bond acceptors (Lipinski definition) is 3. The Bertz CT molecular complexity index is 547. The quantitative estimate of drug-likeness (QED) is 0.781. The van der Waals surface area contributed by atoms with Gasteiger partial charge in [0, 0.05) is 5.02 Å². The zero-order valence-electron chi connectivity index (χ0n) is 10.4. The van der Waals surface area contributed by atoms with E-state index in [0.29, 0.717) is 10.8 Å². The summed E-state index contributed by atoms with van der Waals surface area (Å²) in [6.07, 6.45) is 4.97. The first-order chi connectivity index (χ1) is 8.35. The molecule has 1 aromatic rings. The maximum Gasteiger partial charge on any atom is 0.164 e. The van der Waals surface area contributed by atoms with E-state index in [-0.39, 0.29) is 18.1 Å². The van der Waals surface area contributed by atoms with Crippen molar-refractivity contribution < 1.29 is 13.2 Å². The van der Waals surface area contributed by atoms with Crippen molar-refractivity contribution in [1.29, 1.82) is 0 Å². The van der Waals surface area contributed by atoms with E-state index in [1.54, 1.807) is 12.1 Å². The summed E-state index contributed by atoms with van der Waals surface area (Å²) >= 11 is 6.02. The molecule has 18 heavy (non-hydrogen) atoms. The first kappa shape index (κ1) is 14.9. The smallest absolute Gasteiger partial charge is 0.164 e. The second-order valence-corrected chi connectivity index (χ2v) is 6.58. The zero-order chi connectivity index (χ0) is 13.8. The van der Waals surface area contributed by atoms with E-state index in [1.165, 1.54) is 0 Å². The van der Waals surface area contributed by atoms with Gasteiger partial charge in [0.2, 0.25) is 0 Å². The van der Waals surface area contributed by atoms with Gasteiger partial charge in [-0.3, -0.25) is 0 Å². The van der Waals surface area contributed by atoms with E-state index in [1.807, 2.05) is 13.8 Å². The van der Waals surface area contributed by atoms with Gasteiger partial charge in [0.1, 0.15) is 18.1 Å². The summed E-state index contributed by atoms with van der Waals surface area (Å²) in [5, 5.41) is 0.697. The molecular formula is C13H15ClO3S. The lowest BCUT2D eigenvalue weighted by molar-refractivity contribution is 0.340. The van der Waals surface area contributed by atoms with Crippen LogP contribution in [0.2, 0.25) is 5.02 Å². The average molecular weight is 287 g/mol. The van der Waals surface area contributed by atoms with E-state index in [2.05, 4.69) is 5.92 Å². The van der Waals surface area contributed by atoms with Gasteiger partial charge in [-0.15, -0.1) is 6.42 Å². The topological polar surface area (TPSA) is 43.4 Å². The summed E-state index contributed by atoms with van der Waals surface area (Å²) < 4.78 is 28.1. The number of hydrogen-bond donors (Lipinski definition) is 0. The predicted octanol–water partition coefficient (Wildman–Crippen LogP) is 2.38. The predicted molar refractivity (Wildman–Crippen MR) is 73.9 cm³/mol. The normalized spacial score (nSPS) is 11.0. The van der Waals surface area contributed by atoms with Crippen molar-refractivity contribution in [2.45, 2.75) is 13.8 Å². The number of terminal acetylenes is 1. The number of halogens is 1. The van der Waals surface area contributed by atoms with Crippen molar-refractivity contribution in [2.75, 3.05) is 18.1 Å². The molecule has 1 aromatic carbocycles. The van der Waals surface area contributed by atoms with E-state index in [9.17, 15) is 8.42 Å². The number of benzene rings is 1. The van der Waals surface area contributed by atoms with Crippen LogP contribution >= 0.6 is 11.6 Å². The molecule has 0 aliphatic heterocycles. The molecule has 0 atom stereocenters. The lowest BCUT2D eigenvalue weighted by Crippen LogP contribution is -2.16. The van der Waals surface area contributed by atoms with E-state index < -0.39 is 9.84 Å². The minimum atomic E-state index is -3.22. The second-order valence-electron chi connectivity index (χ2n) is 4.02. The Balaban J connectivity index is 2.63. The summed E-state index contributed by atoms with van der Waals surface area (Å²) in [4.78, 5) is 0. The van der Waals surface area contributed by atoms with Crippen LogP contribution in [0.25, 0.3) is 0 Å². The van der Waals surface area contributed by atoms with Gasteiger partial charge in [-0.1, -0.05) is 17.5 Å². The molecule has 0 radical (unpaired) electrons. The molecule has 0 spiro atoms. The molecule has 1 rings (SSSR count). The SMILES string of the molecule is C#CCS(=O)(=O)CCOc1cc(C)c(Cl)c(C)c1. The summed E-state index contributed by atoms with van der Waals surface area (Å²) in [6, 6.07) is 3.56. The Labute approximate surface area is 113 Å². The van der Waals surface area contributed by atoms with Crippen LogP contribution in [0.1, 0.15) is 11.1 Å². The number of sulfone groups is 1. The van der Waals surface area contributed by atoms with E-state index in [4.69, 9.17) is 22.8 Å². The van der Waals surface area contributed by atoms with Crippen LogP contribution < -0.4 is 4.74 Å². The Hall–Kier alpha value is -1.18. The standard InChI is InChI=1S/C13H15ClO3S/c1-4-6-18(15,16)7-5-17-12-8-10(2)13(14)11(3)9-12/h1,8-9H,5-7H2,2-3H3. The molecule has 0 unspecified atom stereocenters. The van der Waals surface area contributed by atoms with Crippen LogP contribution in [0, 0.1) is 26.2 Å². The lowest BCUT2D eigenvalue weighted by atomic mass is 10.1. The van der Waals surface area contributed by atoms with Gasteiger partial charge in [-0.05, 0) is 37.1 Å². The van der Waals surface area contributed by atoms with Crippen LogP contribution in [0.15, 0.2) is 12.1 Å². The van der Waals surface area contributed by atoms with Gasteiger partial charge >= 0.3 is 0 Å². The third-order valence-corrected chi connectivity index (χ3v) is 4.37. The zero-order valence-corrected chi connectivity index (χ0v) is 11.9. The van der Waals surface area contributed by atoms with Crippen molar-refractivity contribution >= 4 is 21.4 Å². The van der Waals surface area contributed by atoms with Gasteiger partial charge in [0.25, 0.3) is 0 Å². The highest BCUT2D eigenvalue weighted by Gasteiger charge is 2.09. The third kappa shape index (κ3) is 4.25. The second kappa shape index (κ2) is 6.12. The molecule has 98 valence electrons. The highest BCUT2D eigenvalue weighted by molar-refractivity contribution is 7.91. The van der Waals surface area contributed by atoms with Crippen molar-refractivity contribution in [3.8, 4) is 18.1 Å². The van der Waals surface area contributed by atoms with Crippen molar-refractivity contribution in [2.24, 2.45) is 0 Å². The van der Waals surface area contributed by atoms with Crippen LogP contribution in [-0.4, -0.2) is 26.5 Å². The van der Waals surface area contributed by atoms with Crippen LogP contribution in [0.3, 0.4) is 0 Å². The largest absolute Gasteiger partial charge is 0.493 e. The van der Waals surface area contributed by atoms with Gasteiger partial charge < -0.3 is 4.74 Å². The van der Waals surface area contributed by atoms with Crippen LogP contribution in [0.5, 0.6) is 5.75 Å². The molecule has 5 heteroatoms. The van der Waals surface area contributed by atoms with Crippen molar-refractivity contribution in [1.82, 2.24) is 0 Å². The molecule has 0 bridgehead atoms. The summed E-state index contributed by atoms with van der Waals surface area (Å²) in [5.74, 6) is 2.40. The van der Waals surface area contributed by atoms with Crippen LogP contribution in [0.4, 0.5) is 0 Å². The minimum Gasteiger partial charge on any atom is -0.493 e. The minimum absolute atomic E-state index is 0.0854. The third-order valence-electron chi connectivity index (χ3n) is 2.38. The molecule has 0 fully saturated rings. The molecule has 0 saturated carbocycles. The number of aryl methyl sites for hydroxylation is 2. The summed E-state index contributed by atoms with van der Waals surface area (Å²) in [7, 11) is -3.22.